The van der Waals surface area contributed by atoms with Gasteiger partial charge in [-0.2, -0.15) is 0 Å². The fourth-order valence-electron chi connectivity index (χ4n) is 7.96. The first kappa shape index (κ1) is 31.6. The summed E-state index contributed by atoms with van der Waals surface area (Å²) in [5.74, 6) is 0. The summed E-state index contributed by atoms with van der Waals surface area (Å²) in [7, 11) is 0. The molecule has 1 heterocycles. The third-order valence-electron chi connectivity index (χ3n) is 10.6. The highest BCUT2D eigenvalue weighted by atomic mass is 15.1. The van der Waals surface area contributed by atoms with Crippen LogP contribution in [0.25, 0.3) is 71.6 Å². The molecule has 0 radical (unpaired) electrons. The Morgan fingerprint density at radius 1 is 0.315 bits per heavy atom. The average Bonchev–Trinajstić information content (AvgIpc) is 3.59. The number of nitrogens with zero attached hydrogens (tertiary/aromatic N) is 2. The lowest BCUT2D eigenvalue weighted by atomic mass is 9.98. The zero-order valence-electron chi connectivity index (χ0n) is 29.7. The maximum Gasteiger partial charge on any atom is 0.0541 e. The van der Waals surface area contributed by atoms with Crippen LogP contribution in [0.3, 0.4) is 0 Å². The van der Waals surface area contributed by atoms with E-state index in [-0.39, 0.29) is 0 Å². The molecule has 9 aromatic carbocycles. The molecule has 10 aromatic rings. The third kappa shape index (κ3) is 5.62. The van der Waals surface area contributed by atoms with Gasteiger partial charge in [0.05, 0.1) is 16.7 Å². The van der Waals surface area contributed by atoms with Gasteiger partial charge in [-0.1, -0.05) is 164 Å². The number of hydrogen-bond donors (Lipinski definition) is 0. The van der Waals surface area contributed by atoms with Gasteiger partial charge >= 0.3 is 0 Å². The Morgan fingerprint density at radius 3 is 1.63 bits per heavy atom. The van der Waals surface area contributed by atoms with Gasteiger partial charge in [0.25, 0.3) is 0 Å². The van der Waals surface area contributed by atoms with Crippen LogP contribution in [0, 0.1) is 0 Å². The van der Waals surface area contributed by atoms with Gasteiger partial charge in [-0.3, -0.25) is 0 Å². The van der Waals surface area contributed by atoms with E-state index in [9.17, 15) is 0 Å². The first-order chi connectivity index (χ1) is 26.8. The van der Waals surface area contributed by atoms with Crippen LogP contribution in [0.1, 0.15) is 0 Å². The van der Waals surface area contributed by atoms with Crippen LogP contribution in [-0.2, 0) is 0 Å². The predicted octanol–water partition coefficient (Wildman–Crippen LogP) is 14.4. The van der Waals surface area contributed by atoms with E-state index in [4.69, 9.17) is 0 Å². The Kier molecular flexibility index (Phi) is 7.85. The molecule has 0 bridgehead atoms. The Bertz CT molecular complexity index is 2870. The maximum atomic E-state index is 2.40. The predicted molar refractivity (Wildman–Crippen MR) is 229 cm³/mol. The van der Waals surface area contributed by atoms with Crippen molar-refractivity contribution in [2.75, 3.05) is 4.90 Å². The summed E-state index contributed by atoms with van der Waals surface area (Å²) in [6.07, 6.45) is 0. The highest BCUT2D eigenvalue weighted by molar-refractivity contribution is 6.09. The first-order valence-electron chi connectivity index (χ1n) is 18.5. The summed E-state index contributed by atoms with van der Waals surface area (Å²) < 4.78 is 2.39. The van der Waals surface area contributed by atoms with E-state index >= 15 is 0 Å². The minimum Gasteiger partial charge on any atom is -0.310 e. The molecule has 0 aliphatic heterocycles. The van der Waals surface area contributed by atoms with Crippen LogP contribution in [0.2, 0.25) is 0 Å². The second-order valence-corrected chi connectivity index (χ2v) is 13.8. The SMILES string of the molecule is c1ccc(-c2ccc(-c3ccccc3N(c3ccc(-c4ccc5ccccc5c4)cc3)c3cccc(-n4c5ccccc5c5ccccc54)c3)cc2)cc1. The molecule has 0 saturated heterocycles. The molecule has 2 nitrogen and oxygen atoms in total. The Hall–Kier alpha value is -7.16. The summed E-state index contributed by atoms with van der Waals surface area (Å²) in [5.41, 5.74) is 13.9. The molecular formula is C52H36N2. The van der Waals surface area contributed by atoms with Crippen molar-refractivity contribution in [3.8, 4) is 39.1 Å². The standard InChI is InChI=1S/C52H36N2/c1-2-13-37(14-3-1)39-25-28-41(29-26-39)47-19-6-9-22-50(47)53(44-33-31-40(32-34-44)43-30-27-38-15-4-5-16-42(38)35-43)45-17-12-18-46(36-45)54-51-23-10-7-20-48(51)49-21-8-11-24-52(49)54/h1-36H. The topological polar surface area (TPSA) is 8.17 Å². The highest BCUT2D eigenvalue weighted by Gasteiger charge is 2.19. The van der Waals surface area contributed by atoms with Crippen molar-refractivity contribution in [3.05, 3.63) is 218 Å². The molecule has 0 aliphatic rings. The molecule has 0 unspecified atom stereocenters. The van der Waals surface area contributed by atoms with Gasteiger partial charge in [-0.05, 0) is 93.2 Å². The monoisotopic (exact) mass is 688 g/mol. The van der Waals surface area contributed by atoms with Crippen molar-refractivity contribution in [2.45, 2.75) is 0 Å². The van der Waals surface area contributed by atoms with E-state index < -0.39 is 0 Å². The van der Waals surface area contributed by atoms with Gasteiger partial charge in [0.15, 0.2) is 0 Å². The van der Waals surface area contributed by atoms with Crippen LogP contribution in [-0.4, -0.2) is 4.57 Å². The van der Waals surface area contributed by atoms with Gasteiger partial charge in [-0.15, -0.1) is 0 Å². The van der Waals surface area contributed by atoms with E-state index in [1.807, 2.05) is 0 Å². The van der Waals surface area contributed by atoms with E-state index in [1.165, 1.54) is 60.4 Å². The number of aromatic nitrogens is 1. The largest absolute Gasteiger partial charge is 0.310 e. The number of hydrogen-bond acceptors (Lipinski definition) is 1. The summed E-state index contributed by atoms with van der Waals surface area (Å²) in [6.45, 7) is 0. The first-order valence-corrected chi connectivity index (χ1v) is 18.5. The number of anilines is 3. The maximum absolute atomic E-state index is 2.40. The normalized spacial score (nSPS) is 11.3. The van der Waals surface area contributed by atoms with Crippen LogP contribution < -0.4 is 4.90 Å². The molecule has 2 heteroatoms. The highest BCUT2D eigenvalue weighted by Crippen LogP contribution is 2.43. The van der Waals surface area contributed by atoms with Crippen LogP contribution in [0.15, 0.2) is 218 Å². The number of benzene rings is 9. The van der Waals surface area contributed by atoms with Crippen molar-refractivity contribution < 1.29 is 0 Å². The smallest absolute Gasteiger partial charge is 0.0541 e. The molecule has 0 atom stereocenters. The molecule has 54 heavy (non-hydrogen) atoms. The van der Waals surface area contributed by atoms with E-state index in [0.717, 1.165) is 28.3 Å². The van der Waals surface area contributed by atoms with Gasteiger partial charge in [0.2, 0.25) is 0 Å². The lowest BCUT2D eigenvalue weighted by Gasteiger charge is -2.28. The number of rotatable bonds is 7. The molecule has 0 aliphatic carbocycles. The Labute approximate surface area is 315 Å². The summed E-state index contributed by atoms with van der Waals surface area (Å²) in [6, 6.07) is 78.9. The van der Waals surface area contributed by atoms with E-state index in [1.54, 1.807) is 0 Å². The minimum absolute atomic E-state index is 1.08. The molecule has 254 valence electrons. The van der Waals surface area contributed by atoms with Gasteiger partial charge in [0, 0.05) is 33.4 Å². The van der Waals surface area contributed by atoms with Crippen molar-refractivity contribution in [1.82, 2.24) is 4.57 Å². The molecular weight excluding hydrogens is 653 g/mol. The zero-order chi connectivity index (χ0) is 35.8. The number of fused-ring (bicyclic) bond motifs is 4. The summed E-state index contributed by atoms with van der Waals surface area (Å²) in [4.78, 5) is 2.40. The van der Waals surface area contributed by atoms with Gasteiger partial charge in [-0.25, -0.2) is 0 Å². The lowest BCUT2D eigenvalue weighted by Crippen LogP contribution is -2.11. The van der Waals surface area contributed by atoms with Crippen molar-refractivity contribution >= 4 is 49.6 Å². The van der Waals surface area contributed by atoms with E-state index in [0.29, 0.717) is 0 Å². The molecule has 0 fully saturated rings. The third-order valence-corrected chi connectivity index (χ3v) is 10.6. The molecule has 0 saturated carbocycles. The molecule has 1 aromatic heterocycles. The van der Waals surface area contributed by atoms with E-state index in [2.05, 4.69) is 228 Å². The fourth-order valence-corrected chi connectivity index (χ4v) is 7.96. The zero-order valence-corrected chi connectivity index (χ0v) is 29.7. The van der Waals surface area contributed by atoms with Crippen molar-refractivity contribution in [3.63, 3.8) is 0 Å². The second-order valence-electron chi connectivity index (χ2n) is 13.8. The van der Waals surface area contributed by atoms with Gasteiger partial charge in [0.1, 0.15) is 0 Å². The molecule has 10 rings (SSSR count). The van der Waals surface area contributed by atoms with Crippen LogP contribution >= 0.6 is 0 Å². The summed E-state index contributed by atoms with van der Waals surface area (Å²) >= 11 is 0. The van der Waals surface area contributed by atoms with Crippen LogP contribution in [0.5, 0.6) is 0 Å². The minimum atomic E-state index is 1.08. The van der Waals surface area contributed by atoms with Crippen molar-refractivity contribution in [1.29, 1.82) is 0 Å². The Morgan fingerprint density at radius 2 is 0.870 bits per heavy atom. The fraction of sp³-hybridized carbons (Fsp3) is 0. The molecule has 0 spiro atoms. The van der Waals surface area contributed by atoms with Crippen molar-refractivity contribution in [2.24, 2.45) is 0 Å². The summed E-state index contributed by atoms with van der Waals surface area (Å²) in [5, 5.41) is 5.00. The second kappa shape index (κ2) is 13.4. The molecule has 0 N–H and O–H groups in total. The molecule has 0 amide bonds. The quantitative estimate of drug-likeness (QED) is 0.162. The Balaban J connectivity index is 1.13. The van der Waals surface area contributed by atoms with Gasteiger partial charge < -0.3 is 9.47 Å². The lowest BCUT2D eigenvalue weighted by molar-refractivity contribution is 1.17. The van der Waals surface area contributed by atoms with Crippen LogP contribution in [0.4, 0.5) is 17.1 Å². The number of para-hydroxylation sites is 3. The average molecular weight is 689 g/mol.